The highest BCUT2D eigenvalue weighted by atomic mass is 19.2. The van der Waals surface area contributed by atoms with E-state index in [0.717, 1.165) is 80.6 Å². The van der Waals surface area contributed by atoms with Crippen LogP contribution in [0.5, 0.6) is 0 Å². The molecule has 2 aliphatic carbocycles. The highest BCUT2D eigenvalue weighted by Gasteiger charge is 2.32. The van der Waals surface area contributed by atoms with Gasteiger partial charge in [-0.25, -0.2) is 13.2 Å². The van der Waals surface area contributed by atoms with Crippen molar-refractivity contribution in [3.63, 3.8) is 0 Å². The molecule has 284 valence electrons. The Labute approximate surface area is 304 Å². The van der Waals surface area contributed by atoms with Gasteiger partial charge in [-0.1, -0.05) is 75.6 Å². The van der Waals surface area contributed by atoms with Crippen molar-refractivity contribution in [2.24, 2.45) is 23.7 Å². The van der Waals surface area contributed by atoms with Crippen LogP contribution in [0.2, 0.25) is 0 Å². The molecule has 2 saturated carbocycles. The average molecular weight is 715 g/mol. The number of rotatable bonds is 16. The van der Waals surface area contributed by atoms with Crippen LogP contribution < -0.4 is 0 Å². The molecule has 0 bridgehead atoms. The van der Waals surface area contributed by atoms with Gasteiger partial charge in [0.1, 0.15) is 12.1 Å². The summed E-state index contributed by atoms with van der Waals surface area (Å²) in [6.45, 7) is 13.9. The number of hydrogen-bond donors (Lipinski definition) is 1. The van der Waals surface area contributed by atoms with E-state index in [9.17, 15) is 18.4 Å². The van der Waals surface area contributed by atoms with E-state index >= 15 is 4.39 Å². The molecule has 0 radical (unpaired) electrons. The molecule has 0 saturated heterocycles. The highest BCUT2D eigenvalue weighted by molar-refractivity contribution is 5.70. The summed E-state index contributed by atoms with van der Waals surface area (Å²) in [6.07, 6.45) is 14.4. The molecule has 2 aliphatic rings. The number of allylic oxidation sites excluding steroid dienone is 1. The van der Waals surface area contributed by atoms with Gasteiger partial charge in [-0.15, -0.1) is 0 Å². The van der Waals surface area contributed by atoms with Gasteiger partial charge in [0.25, 0.3) is 6.47 Å². The van der Waals surface area contributed by atoms with Gasteiger partial charge in [-0.2, -0.15) is 0 Å². The highest BCUT2D eigenvalue weighted by Crippen LogP contribution is 2.45. The first kappa shape index (κ1) is 43.9. The Morgan fingerprint density at radius 1 is 0.882 bits per heavy atom. The van der Waals surface area contributed by atoms with Crippen LogP contribution in [-0.4, -0.2) is 44.8 Å². The fourth-order valence-electron chi connectivity index (χ4n) is 7.45. The zero-order valence-corrected chi connectivity index (χ0v) is 31.4. The smallest absolute Gasteiger partial charge is 0.293 e. The van der Waals surface area contributed by atoms with Crippen molar-refractivity contribution in [3.8, 4) is 11.1 Å². The van der Waals surface area contributed by atoms with Gasteiger partial charge in [0.2, 0.25) is 0 Å². The summed E-state index contributed by atoms with van der Waals surface area (Å²) in [5, 5.41) is 8.04. The van der Waals surface area contributed by atoms with E-state index in [1.807, 2.05) is 6.07 Å². The average Bonchev–Trinajstić information content (AvgIpc) is 3.13. The first-order valence-electron chi connectivity index (χ1n) is 18.7. The Morgan fingerprint density at radius 2 is 1.47 bits per heavy atom. The van der Waals surface area contributed by atoms with Crippen molar-refractivity contribution < 1.29 is 37.3 Å². The first-order valence-corrected chi connectivity index (χ1v) is 18.7. The molecule has 0 spiro atoms. The van der Waals surface area contributed by atoms with E-state index < -0.39 is 17.5 Å². The van der Waals surface area contributed by atoms with Crippen LogP contribution in [0.1, 0.15) is 115 Å². The standard InChI is InChI=1S/C35H47F3O3.C4H8O.C4H6O/c1-3-4-5-6-29-15-18-32(35(38)34(29)37)31-17-16-30(20-33(31)36)28-13-11-27(12-14-28)26-9-7-24(8-10-26)19-25(21-40-2)22-41-23-39;2*1-4(2)3-5/h15-18,20,23-28H,3-14,19,21-22H2,1-2H3;5H,1,3H2,2H3;3H,1H2,2H3. The van der Waals surface area contributed by atoms with Gasteiger partial charge in [-0.05, 0) is 118 Å². The second kappa shape index (κ2) is 24.1. The number of aryl methyl sites for hydroxylation is 1. The molecule has 0 heterocycles. The van der Waals surface area contributed by atoms with Crippen molar-refractivity contribution in [2.75, 3.05) is 26.9 Å². The molecular formula is C43H61F3O5. The third kappa shape index (κ3) is 15.1. The van der Waals surface area contributed by atoms with Crippen molar-refractivity contribution in [1.82, 2.24) is 0 Å². The predicted molar refractivity (Wildman–Crippen MR) is 200 cm³/mol. The van der Waals surface area contributed by atoms with Gasteiger partial charge in [-0.3, -0.25) is 9.59 Å². The zero-order valence-electron chi connectivity index (χ0n) is 31.4. The van der Waals surface area contributed by atoms with Crippen LogP contribution in [0.4, 0.5) is 13.2 Å². The van der Waals surface area contributed by atoms with Crippen LogP contribution in [0.25, 0.3) is 11.1 Å². The SMILES string of the molecule is C=C(C)C=O.C=C(C)CO.CCCCCc1ccc(-c2ccc(C3CCC(C4CCC(CC(COC)COC=O)CC4)CC3)cc2F)c(F)c1F. The van der Waals surface area contributed by atoms with Gasteiger partial charge in [0, 0.05) is 24.2 Å². The number of aliphatic hydroxyl groups excluding tert-OH is 1. The van der Waals surface area contributed by atoms with Gasteiger partial charge >= 0.3 is 0 Å². The molecular weight excluding hydrogens is 653 g/mol. The maximum Gasteiger partial charge on any atom is 0.293 e. The third-order valence-corrected chi connectivity index (χ3v) is 10.2. The van der Waals surface area contributed by atoms with Crippen molar-refractivity contribution in [2.45, 2.75) is 110 Å². The number of halogens is 3. The lowest BCUT2D eigenvalue weighted by molar-refractivity contribution is -0.130. The second-order valence-electron chi connectivity index (χ2n) is 14.6. The summed E-state index contributed by atoms with van der Waals surface area (Å²) in [5.41, 5.74) is 2.83. The summed E-state index contributed by atoms with van der Waals surface area (Å²) in [7, 11) is 1.69. The van der Waals surface area contributed by atoms with Crippen LogP contribution in [0, 0.1) is 41.1 Å². The summed E-state index contributed by atoms with van der Waals surface area (Å²) in [5.74, 6) is 0.417. The number of unbranched alkanes of at least 4 members (excludes halogenated alkanes) is 2. The molecule has 1 N–H and O–H groups in total. The number of carbonyl (C=O) groups is 2. The van der Waals surface area contributed by atoms with E-state index in [1.54, 1.807) is 39.2 Å². The normalized spacial score (nSPS) is 20.5. The Bertz CT molecular complexity index is 1360. The third-order valence-electron chi connectivity index (χ3n) is 10.2. The van der Waals surface area contributed by atoms with Crippen LogP contribution >= 0.6 is 0 Å². The number of aliphatic hydroxyl groups is 1. The zero-order chi connectivity index (χ0) is 37.8. The summed E-state index contributed by atoms with van der Waals surface area (Å²) >= 11 is 0. The van der Waals surface area contributed by atoms with Gasteiger partial charge in [0.05, 0.1) is 19.8 Å². The molecule has 5 nitrogen and oxygen atoms in total. The summed E-state index contributed by atoms with van der Waals surface area (Å²) in [4.78, 5) is 20.0. The lowest BCUT2D eigenvalue weighted by Crippen LogP contribution is -2.27. The van der Waals surface area contributed by atoms with Gasteiger partial charge in [0.15, 0.2) is 11.6 Å². The molecule has 0 aliphatic heterocycles. The minimum absolute atomic E-state index is 0.00472. The molecule has 8 heteroatoms. The first-order chi connectivity index (χ1) is 24.5. The molecule has 1 atom stereocenters. The quantitative estimate of drug-likeness (QED) is 0.0811. The molecule has 2 aromatic carbocycles. The molecule has 4 rings (SSSR count). The maximum atomic E-state index is 15.2. The number of carbonyl (C=O) groups excluding carboxylic acids is 2. The van der Waals surface area contributed by atoms with E-state index in [4.69, 9.17) is 14.6 Å². The fraction of sp³-hybridized carbons (Fsp3) is 0.581. The number of ether oxygens (including phenoxy) is 2. The molecule has 1 unspecified atom stereocenters. The monoisotopic (exact) mass is 714 g/mol. The number of benzene rings is 2. The van der Waals surface area contributed by atoms with Crippen LogP contribution in [0.15, 0.2) is 54.6 Å². The molecule has 0 aromatic heterocycles. The topological polar surface area (TPSA) is 72.8 Å². The second-order valence-corrected chi connectivity index (χ2v) is 14.6. The van der Waals surface area contributed by atoms with E-state index in [1.165, 1.54) is 31.7 Å². The van der Waals surface area contributed by atoms with E-state index in [-0.39, 0.29) is 23.7 Å². The molecule has 2 aromatic rings. The Morgan fingerprint density at radius 3 is 1.98 bits per heavy atom. The maximum absolute atomic E-state index is 15.2. The number of hydrogen-bond acceptors (Lipinski definition) is 5. The van der Waals surface area contributed by atoms with Crippen LogP contribution in [0.3, 0.4) is 0 Å². The fourth-order valence-corrected chi connectivity index (χ4v) is 7.45. The minimum Gasteiger partial charge on any atom is -0.468 e. The van der Waals surface area contributed by atoms with Crippen molar-refractivity contribution in [3.05, 3.63) is 83.2 Å². The number of methoxy groups -OCH3 is 1. The predicted octanol–water partition coefficient (Wildman–Crippen LogP) is 10.7. The van der Waals surface area contributed by atoms with Crippen LogP contribution in [-0.2, 0) is 25.5 Å². The lowest BCUT2D eigenvalue weighted by Gasteiger charge is -2.38. The van der Waals surface area contributed by atoms with Crippen molar-refractivity contribution in [1.29, 1.82) is 0 Å². The Hall–Kier alpha value is -3.23. The Kier molecular flexibility index (Phi) is 20.8. The summed E-state index contributed by atoms with van der Waals surface area (Å²) in [6, 6.07) is 8.21. The lowest BCUT2D eigenvalue weighted by atomic mass is 9.67. The largest absolute Gasteiger partial charge is 0.468 e. The van der Waals surface area contributed by atoms with Crippen molar-refractivity contribution >= 4 is 12.8 Å². The Balaban J connectivity index is 0.000000793. The molecule has 2 fully saturated rings. The van der Waals surface area contributed by atoms with E-state index in [0.29, 0.717) is 49.1 Å². The van der Waals surface area contributed by atoms with Gasteiger partial charge < -0.3 is 14.6 Å². The summed E-state index contributed by atoms with van der Waals surface area (Å²) < 4.78 is 55.2. The molecule has 0 amide bonds. The van der Waals surface area contributed by atoms with E-state index in [2.05, 4.69) is 20.1 Å². The molecule has 51 heavy (non-hydrogen) atoms. The minimum atomic E-state index is -0.954. The number of aldehydes is 1.